The number of hydroxylamine groups is 1. The molecule has 1 heterocycles. The summed E-state index contributed by atoms with van der Waals surface area (Å²) in [7, 11) is 1.33. The molecule has 3 aromatic carbocycles. The van der Waals surface area contributed by atoms with Crippen LogP contribution in [-0.2, 0) is 0 Å². The molecule has 0 aliphatic carbocycles. The maximum atomic E-state index is 11.1. The fourth-order valence-electron chi connectivity index (χ4n) is 3.61. The normalized spacial score (nSPS) is 12.0. The van der Waals surface area contributed by atoms with Crippen LogP contribution in [0.4, 0.5) is 11.4 Å². The van der Waals surface area contributed by atoms with E-state index in [1.54, 1.807) is 12.3 Å². The molecule has 8 heteroatoms. The van der Waals surface area contributed by atoms with Crippen molar-refractivity contribution in [2.45, 2.75) is 34.1 Å². The molecule has 2 N–H and O–H groups in total. The number of nitriles is 1. The average molecular weight is 486 g/mol. The highest BCUT2D eigenvalue weighted by molar-refractivity contribution is 5.80. The molecule has 1 aliphatic heterocycles. The molecular weight excluding hydrogens is 454 g/mol. The van der Waals surface area contributed by atoms with Gasteiger partial charge >= 0.3 is 0 Å². The van der Waals surface area contributed by atoms with Crippen LogP contribution < -0.4 is 20.1 Å². The third-order valence-electron chi connectivity index (χ3n) is 5.14. The molecule has 0 aromatic heterocycles. The molecule has 1 aliphatic rings. The Kier molecular flexibility index (Phi) is 8.89. The van der Waals surface area contributed by atoms with E-state index in [1.807, 2.05) is 76.2 Å². The topological polar surface area (TPSA) is 105 Å². The molecule has 36 heavy (non-hydrogen) atoms. The number of nitrogens with one attached hydrogen (secondary N) is 2. The molecule has 0 spiro atoms. The van der Waals surface area contributed by atoms with Gasteiger partial charge in [0.1, 0.15) is 23.3 Å². The summed E-state index contributed by atoms with van der Waals surface area (Å²) in [4.78, 5) is 0.501. The summed E-state index contributed by atoms with van der Waals surface area (Å²) in [5.41, 5.74) is 5.09. The Labute approximate surface area is 212 Å². The van der Waals surface area contributed by atoms with Crippen molar-refractivity contribution in [3.63, 3.8) is 0 Å². The Morgan fingerprint density at radius 2 is 1.72 bits per heavy atom. The minimum atomic E-state index is 0.444. The summed E-state index contributed by atoms with van der Waals surface area (Å²) in [6.45, 7) is 8.50. The smallest absolute Gasteiger partial charge is 0.215 e. The van der Waals surface area contributed by atoms with Crippen LogP contribution in [0.5, 0.6) is 17.2 Å². The lowest BCUT2D eigenvalue weighted by Gasteiger charge is -2.18. The lowest BCUT2D eigenvalue weighted by atomic mass is 10.0. The number of hydrogen-bond donors (Lipinski definition) is 2. The summed E-state index contributed by atoms with van der Waals surface area (Å²) in [5, 5.41) is 30.7. The van der Waals surface area contributed by atoms with Gasteiger partial charge < -0.3 is 25.3 Å². The lowest BCUT2D eigenvalue weighted by Crippen LogP contribution is -2.10. The summed E-state index contributed by atoms with van der Waals surface area (Å²) in [5.74, 6) is 2.31. The standard InChI is InChI=1S/C26H25N5O3.C2H6/c1-4-11-33-26-17(2)12-22(13-20(26)15-27)34-21-8-5-18(6-9-21)19-7-10-23-24(14-19)28-16-25(29-23)30-31(3)32;1-2/h5-10,12-14,16,28-29H,4,11H2,1-3H3;1-2H3/b31-30-;. The molecule has 186 valence electrons. The number of aryl methyl sites for hydroxylation is 1. The van der Waals surface area contributed by atoms with E-state index in [-0.39, 0.29) is 0 Å². The Balaban J connectivity index is 0.00000176. The van der Waals surface area contributed by atoms with Crippen molar-refractivity contribution in [2.75, 3.05) is 24.3 Å². The third-order valence-corrected chi connectivity index (χ3v) is 5.14. The number of anilines is 2. The minimum Gasteiger partial charge on any atom is -0.600 e. The van der Waals surface area contributed by atoms with Gasteiger partial charge in [0.15, 0.2) is 7.05 Å². The first-order valence-corrected chi connectivity index (χ1v) is 11.9. The van der Waals surface area contributed by atoms with Crippen LogP contribution in [0.1, 0.15) is 38.3 Å². The predicted molar refractivity (Wildman–Crippen MR) is 142 cm³/mol. The average Bonchev–Trinajstić information content (AvgIpc) is 2.89. The molecule has 0 unspecified atom stereocenters. The molecule has 4 rings (SSSR count). The minimum absolute atomic E-state index is 0.444. The highest BCUT2D eigenvalue weighted by Crippen LogP contribution is 2.35. The fraction of sp³-hybridized carbons (Fsp3) is 0.250. The van der Waals surface area contributed by atoms with Gasteiger partial charge in [-0.3, -0.25) is 0 Å². The van der Waals surface area contributed by atoms with Crippen molar-refractivity contribution in [1.82, 2.24) is 0 Å². The maximum absolute atomic E-state index is 11.1. The number of azo groups is 1. The van der Waals surface area contributed by atoms with Crippen LogP contribution >= 0.6 is 0 Å². The second-order valence-electron chi connectivity index (χ2n) is 7.83. The number of rotatable bonds is 7. The maximum Gasteiger partial charge on any atom is 0.215 e. The van der Waals surface area contributed by atoms with Crippen molar-refractivity contribution < 1.29 is 14.3 Å². The van der Waals surface area contributed by atoms with Gasteiger partial charge in [0.2, 0.25) is 5.82 Å². The van der Waals surface area contributed by atoms with Gasteiger partial charge in [0.25, 0.3) is 0 Å². The van der Waals surface area contributed by atoms with Gasteiger partial charge in [0, 0.05) is 11.2 Å². The third kappa shape index (κ3) is 6.33. The van der Waals surface area contributed by atoms with Crippen LogP contribution in [0, 0.1) is 23.5 Å². The van der Waals surface area contributed by atoms with Crippen LogP contribution in [0.2, 0.25) is 0 Å². The zero-order valence-electron chi connectivity index (χ0n) is 21.3. The zero-order valence-corrected chi connectivity index (χ0v) is 21.3. The highest BCUT2D eigenvalue weighted by atomic mass is 16.5. The van der Waals surface area contributed by atoms with E-state index in [9.17, 15) is 10.5 Å². The van der Waals surface area contributed by atoms with E-state index in [0.29, 0.717) is 40.1 Å². The summed E-state index contributed by atoms with van der Waals surface area (Å²) in [6, 6.07) is 19.5. The molecule has 3 aromatic rings. The van der Waals surface area contributed by atoms with E-state index in [1.165, 1.54) is 7.05 Å². The van der Waals surface area contributed by atoms with Crippen molar-refractivity contribution in [2.24, 2.45) is 5.11 Å². The van der Waals surface area contributed by atoms with E-state index in [0.717, 1.165) is 34.5 Å². The van der Waals surface area contributed by atoms with E-state index in [2.05, 4.69) is 21.8 Å². The number of nitrogens with zero attached hydrogens (tertiary/aromatic N) is 3. The first kappa shape index (κ1) is 26.1. The van der Waals surface area contributed by atoms with Gasteiger partial charge in [-0.2, -0.15) is 5.26 Å². The van der Waals surface area contributed by atoms with E-state index in [4.69, 9.17) is 9.47 Å². The van der Waals surface area contributed by atoms with Crippen molar-refractivity contribution >= 4 is 11.4 Å². The van der Waals surface area contributed by atoms with E-state index >= 15 is 0 Å². The van der Waals surface area contributed by atoms with Gasteiger partial charge in [-0.25, -0.2) is 0 Å². The van der Waals surface area contributed by atoms with Crippen molar-refractivity contribution in [1.29, 1.82) is 5.26 Å². The first-order valence-electron chi connectivity index (χ1n) is 11.9. The Morgan fingerprint density at radius 1 is 1.00 bits per heavy atom. The number of benzene rings is 3. The lowest BCUT2D eigenvalue weighted by molar-refractivity contribution is -0.495. The first-order chi connectivity index (χ1) is 17.5. The highest BCUT2D eigenvalue weighted by Gasteiger charge is 2.14. The fourth-order valence-corrected chi connectivity index (χ4v) is 3.61. The Bertz CT molecular complexity index is 1300. The second kappa shape index (κ2) is 12.3. The van der Waals surface area contributed by atoms with Gasteiger partial charge in [-0.15, -0.1) is 0 Å². The number of hydrogen-bond acceptors (Lipinski definition) is 7. The van der Waals surface area contributed by atoms with Gasteiger partial charge in [0.05, 0.1) is 29.7 Å². The van der Waals surface area contributed by atoms with Crippen LogP contribution in [-0.4, -0.2) is 18.5 Å². The zero-order chi connectivity index (χ0) is 26.1. The molecule has 0 radical (unpaired) electrons. The van der Waals surface area contributed by atoms with Crippen LogP contribution in [0.15, 0.2) is 71.7 Å². The molecular formula is C28H31N5O3. The number of fused-ring (bicyclic) bond motifs is 1. The number of ether oxygens (including phenoxy) is 2. The van der Waals surface area contributed by atoms with Crippen LogP contribution in [0.25, 0.3) is 11.1 Å². The molecule has 0 amide bonds. The quantitative estimate of drug-likeness (QED) is 0.206. The summed E-state index contributed by atoms with van der Waals surface area (Å²) in [6.07, 6.45) is 2.52. The second-order valence-corrected chi connectivity index (χ2v) is 7.83. The molecule has 0 saturated carbocycles. The van der Waals surface area contributed by atoms with Crippen LogP contribution in [0.3, 0.4) is 0 Å². The van der Waals surface area contributed by atoms with Crippen molar-refractivity contribution in [3.8, 4) is 34.4 Å². The molecule has 0 fully saturated rings. The predicted octanol–water partition coefficient (Wildman–Crippen LogP) is 7.37. The Morgan fingerprint density at radius 3 is 2.39 bits per heavy atom. The van der Waals surface area contributed by atoms with Crippen molar-refractivity contribution in [3.05, 3.63) is 83.0 Å². The largest absolute Gasteiger partial charge is 0.600 e. The summed E-state index contributed by atoms with van der Waals surface area (Å²) < 4.78 is 11.7. The molecule has 0 bridgehead atoms. The molecule has 0 saturated heterocycles. The summed E-state index contributed by atoms with van der Waals surface area (Å²) >= 11 is 0. The molecule has 0 atom stereocenters. The Hall–Kier alpha value is -4.51. The molecule has 8 nitrogen and oxygen atoms in total. The van der Waals surface area contributed by atoms with Gasteiger partial charge in [-0.05, 0) is 60.4 Å². The monoisotopic (exact) mass is 485 g/mol. The van der Waals surface area contributed by atoms with E-state index < -0.39 is 0 Å². The SMILES string of the molecule is CC.CCCOc1c(C)cc(Oc2ccc(-c3ccc4c(c3)NC=C(/N=[N+](/C)[O-])N4)cc2)cc1C#N. The van der Waals surface area contributed by atoms with Gasteiger partial charge in [-0.1, -0.05) is 43.8 Å².